The van der Waals surface area contributed by atoms with Crippen LogP contribution in [0, 0.1) is 5.92 Å². The van der Waals surface area contributed by atoms with Crippen molar-refractivity contribution in [3.8, 4) is 0 Å². The van der Waals surface area contributed by atoms with E-state index in [0.717, 1.165) is 32.7 Å². The highest BCUT2D eigenvalue weighted by Crippen LogP contribution is 2.16. The number of carboxylic acids is 1. The zero-order valence-electron chi connectivity index (χ0n) is 17.4. The van der Waals surface area contributed by atoms with Gasteiger partial charge in [0.1, 0.15) is 0 Å². The van der Waals surface area contributed by atoms with Gasteiger partial charge in [0.2, 0.25) is 5.91 Å². The fourth-order valence-corrected chi connectivity index (χ4v) is 3.69. The van der Waals surface area contributed by atoms with Crippen molar-refractivity contribution in [2.75, 3.05) is 44.6 Å². The largest absolute Gasteiger partial charge is 0.481 e. The van der Waals surface area contributed by atoms with Crippen molar-refractivity contribution in [1.82, 2.24) is 9.80 Å². The minimum Gasteiger partial charge on any atom is -0.481 e. The number of halogens is 1. The molecule has 3 rings (SSSR count). The van der Waals surface area contributed by atoms with Crippen molar-refractivity contribution in [2.24, 2.45) is 5.92 Å². The first-order chi connectivity index (χ1) is 15.0. The van der Waals surface area contributed by atoms with Gasteiger partial charge in [0, 0.05) is 56.4 Å². The van der Waals surface area contributed by atoms with Gasteiger partial charge in [-0.05, 0) is 29.8 Å². The summed E-state index contributed by atoms with van der Waals surface area (Å²) >= 11 is 5.85. The number of nitrogens with zero attached hydrogens (tertiary/aromatic N) is 2. The fraction of sp³-hybridized carbons (Fsp3) is 0.333. The monoisotopic (exact) mass is 441 g/mol. The Hall–Kier alpha value is -2.67. The van der Waals surface area contributed by atoms with Crippen LogP contribution in [0.25, 0.3) is 6.08 Å². The van der Waals surface area contributed by atoms with Crippen molar-refractivity contribution >= 4 is 35.2 Å². The molecule has 1 saturated heterocycles. The molecule has 0 aliphatic carbocycles. The maximum absolute atomic E-state index is 12.3. The highest BCUT2D eigenvalue weighted by Gasteiger charge is 2.26. The van der Waals surface area contributed by atoms with Crippen LogP contribution in [0.2, 0.25) is 5.02 Å². The molecule has 1 aliphatic heterocycles. The summed E-state index contributed by atoms with van der Waals surface area (Å²) in [7, 11) is 0. The minimum atomic E-state index is -0.945. The van der Waals surface area contributed by atoms with Crippen LogP contribution in [0.3, 0.4) is 0 Å². The third kappa shape index (κ3) is 7.83. The quantitative estimate of drug-likeness (QED) is 0.620. The Morgan fingerprint density at radius 3 is 2.29 bits per heavy atom. The SMILES string of the molecule is O=C(C[C@@H](CN1CCN(C/C=C/c2ccccc2)CC1)C(=O)O)Nc1ccc(Cl)cc1. The Balaban J connectivity index is 1.42. The van der Waals surface area contributed by atoms with Gasteiger partial charge in [-0.25, -0.2) is 0 Å². The first kappa shape index (κ1) is 23.0. The standard InChI is InChI=1S/C24H28ClN3O3/c25-21-8-10-22(11-9-21)26-23(29)17-20(24(30)31)18-28-15-13-27(14-16-28)12-4-7-19-5-2-1-3-6-19/h1-11,20H,12-18H2,(H,26,29)(H,30,31)/b7-4+/t20-/m0/s1. The second kappa shape index (κ2) is 11.6. The summed E-state index contributed by atoms with van der Waals surface area (Å²) in [6.07, 6.45) is 4.22. The molecule has 0 radical (unpaired) electrons. The molecule has 2 aromatic carbocycles. The predicted molar refractivity (Wildman–Crippen MR) is 124 cm³/mol. The summed E-state index contributed by atoms with van der Waals surface area (Å²) in [5.74, 6) is -1.99. The summed E-state index contributed by atoms with van der Waals surface area (Å²) in [5.41, 5.74) is 1.79. The summed E-state index contributed by atoms with van der Waals surface area (Å²) in [6.45, 7) is 4.58. The number of benzene rings is 2. The molecule has 0 spiro atoms. The maximum atomic E-state index is 12.3. The van der Waals surface area contributed by atoms with Gasteiger partial charge in [-0.15, -0.1) is 0 Å². The average Bonchev–Trinajstić information content (AvgIpc) is 2.77. The van der Waals surface area contributed by atoms with Crippen LogP contribution < -0.4 is 5.32 Å². The number of hydrogen-bond acceptors (Lipinski definition) is 4. The van der Waals surface area contributed by atoms with E-state index in [0.29, 0.717) is 17.3 Å². The number of amides is 1. The Labute approximate surface area is 188 Å². The van der Waals surface area contributed by atoms with E-state index in [1.165, 1.54) is 5.56 Å². The summed E-state index contributed by atoms with van der Waals surface area (Å²) in [5, 5.41) is 12.9. The van der Waals surface area contributed by atoms with Crippen molar-refractivity contribution in [1.29, 1.82) is 0 Å². The van der Waals surface area contributed by atoms with Crippen LogP contribution in [-0.4, -0.2) is 66.1 Å². The molecule has 1 aliphatic rings. The van der Waals surface area contributed by atoms with E-state index < -0.39 is 11.9 Å². The number of nitrogens with one attached hydrogen (secondary N) is 1. The lowest BCUT2D eigenvalue weighted by atomic mass is 10.0. The molecule has 164 valence electrons. The van der Waals surface area contributed by atoms with E-state index in [4.69, 9.17) is 11.6 Å². The van der Waals surface area contributed by atoms with E-state index in [1.54, 1.807) is 24.3 Å². The number of carbonyl (C=O) groups is 2. The Bertz CT molecular complexity index is 879. The van der Waals surface area contributed by atoms with Crippen molar-refractivity contribution in [2.45, 2.75) is 6.42 Å². The smallest absolute Gasteiger partial charge is 0.308 e. The molecule has 1 fully saturated rings. The molecule has 0 unspecified atom stereocenters. The zero-order valence-corrected chi connectivity index (χ0v) is 18.2. The van der Waals surface area contributed by atoms with E-state index in [2.05, 4.69) is 39.4 Å². The highest BCUT2D eigenvalue weighted by molar-refractivity contribution is 6.30. The van der Waals surface area contributed by atoms with Crippen LogP contribution in [-0.2, 0) is 9.59 Å². The molecule has 31 heavy (non-hydrogen) atoms. The Morgan fingerprint density at radius 1 is 1.00 bits per heavy atom. The third-order valence-electron chi connectivity index (χ3n) is 5.33. The van der Waals surface area contributed by atoms with Crippen LogP contribution in [0.4, 0.5) is 5.69 Å². The van der Waals surface area contributed by atoms with Crippen LogP contribution >= 0.6 is 11.6 Å². The summed E-state index contributed by atoms with van der Waals surface area (Å²) in [4.78, 5) is 28.5. The summed E-state index contributed by atoms with van der Waals surface area (Å²) in [6, 6.07) is 16.9. The van der Waals surface area contributed by atoms with E-state index in [-0.39, 0.29) is 12.3 Å². The number of rotatable bonds is 9. The molecule has 1 amide bonds. The van der Waals surface area contributed by atoms with Crippen molar-refractivity contribution in [3.63, 3.8) is 0 Å². The number of carbonyl (C=O) groups excluding carboxylic acids is 1. The first-order valence-electron chi connectivity index (χ1n) is 10.4. The zero-order chi connectivity index (χ0) is 22.1. The number of piperazine rings is 1. The molecule has 0 aromatic heterocycles. The van der Waals surface area contributed by atoms with Gasteiger partial charge >= 0.3 is 5.97 Å². The average molecular weight is 442 g/mol. The minimum absolute atomic E-state index is 0.0576. The molecule has 0 bridgehead atoms. The van der Waals surface area contributed by atoms with E-state index in [1.807, 2.05) is 18.2 Å². The molecule has 1 heterocycles. The topological polar surface area (TPSA) is 72.9 Å². The van der Waals surface area contributed by atoms with Gasteiger partial charge in [0.25, 0.3) is 0 Å². The van der Waals surface area contributed by atoms with Crippen molar-refractivity contribution < 1.29 is 14.7 Å². The number of anilines is 1. The molecule has 1 atom stereocenters. The van der Waals surface area contributed by atoms with Crippen LogP contribution in [0.15, 0.2) is 60.7 Å². The lowest BCUT2D eigenvalue weighted by molar-refractivity contribution is -0.144. The number of carboxylic acid groups (broad SMARTS) is 1. The number of aliphatic carboxylic acids is 1. The highest BCUT2D eigenvalue weighted by atomic mass is 35.5. The molecule has 2 aromatic rings. The van der Waals surface area contributed by atoms with Gasteiger partial charge in [-0.2, -0.15) is 0 Å². The maximum Gasteiger partial charge on any atom is 0.308 e. The van der Waals surface area contributed by atoms with Gasteiger partial charge in [-0.1, -0.05) is 54.1 Å². The van der Waals surface area contributed by atoms with E-state index in [9.17, 15) is 14.7 Å². The van der Waals surface area contributed by atoms with E-state index >= 15 is 0 Å². The lowest BCUT2D eigenvalue weighted by Gasteiger charge is -2.35. The normalized spacial score (nSPS) is 16.3. The molecular weight excluding hydrogens is 414 g/mol. The van der Waals surface area contributed by atoms with Gasteiger partial charge in [0.15, 0.2) is 0 Å². The van der Waals surface area contributed by atoms with Gasteiger partial charge in [0.05, 0.1) is 5.92 Å². The third-order valence-corrected chi connectivity index (χ3v) is 5.58. The fourth-order valence-electron chi connectivity index (χ4n) is 3.57. The van der Waals surface area contributed by atoms with Crippen molar-refractivity contribution in [3.05, 3.63) is 71.3 Å². The van der Waals surface area contributed by atoms with Crippen LogP contribution in [0.1, 0.15) is 12.0 Å². The molecular formula is C24H28ClN3O3. The number of hydrogen-bond donors (Lipinski definition) is 2. The Morgan fingerprint density at radius 2 is 1.65 bits per heavy atom. The Kier molecular flexibility index (Phi) is 8.64. The van der Waals surface area contributed by atoms with Gasteiger partial charge in [-0.3, -0.25) is 19.4 Å². The predicted octanol–water partition coefficient (Wildman–Crippen LogP) is 3.70. The van der Waals surface area contributed by atoms with Gasteiger partial charge < -0.3 is 10.4 Å². The summed E-state index contributed by atoms with van der Waals surface area (Å²) < 4.78 is 0. The second-order valence-electron chi connectivity index (χ2n) is 7.71. The molecule has 7 heteroatoms. The molecule has 2 N–H and O–H groups in total. The molecule has 0 saturated carbocycles. The second-order valence-corrected chi connectivity index (χ2v) is 8.15. The molecule has 6 nitrogen and oxygen atoms in total. The lowest BCUT2D eigenvalue weighted by Crippen LogP contribution is -2.48. The van der Waals surface area contributed by atoms with Crippen LogP contribution in [0.5, 0.6) is 0 Å². The first-order valence-corrected chi connectivity index (χ1v) is 10.8.